The van der Waals surface area contributed by atoms with Crippen LogP contribution in [0.5, 0.6) is 0 Å². The summed E-state index contributed by atoms with van der Waals surface area (Å²) in [6.45, 7) is 1.79. The number of anilines is 2. The first-order valence-electron chi connectivity index (χ1n) is 10.1. The van der Waals surface area contributed by atoms with Crippen molar-refractivity contribution >= 4 is 17.3 Å². The summed E-state index contributed by atoms with van der Waals surface area (Å²) in [6, 6.07) is 10.8. The van der Waals surface area contributed by atoms with Crippen LogP contribution in [0.2, 0.25) is 0 Å². The van der Waals surface area contributed by atoms with E-state index in [4.69, 9.17) is 4.42 Å². The molecule has 2 heterocycles. The van der Waals surface area contributed by atoms with Gasteiger partial charge in [-0.25, -0.2) is 13.8 Å². The monoisotopic (exact) mass is 411 g/mol. The highest BCUT2D eigenvalue weighted by Gasteiger charge is 2.17. The Morgan fingerprint density at radius 3 is 2.70 bits per heavy atom. The van der Waals surface area contributed by atoms with E-state index in [0.29, 0.717) is 22.9 Å². The molecule has 1 aliphatic heterocycles. The zero-order chi connectivity index (χ0) is 20.9. The van der Waals surface area contributed by atoms with Crippen LogP contribution >= 0.6 is 0 Å². The Balaban J connectivity index is 1.40. The Kier molecular flexibility index (Phi) is 6.07. The first-order chi connectivity index (χ1) is 14.6. The Bertz CT molecular complexity index is 1030. The van der Waals surface area contributed by atoms with E-state index >= 15 is 0 Å². The topological polar surface area (TPSA) is 58.4 Å². The number of nitrogens with one attached hydrogen (secondary N) is 1. The third kappa shape index (κ3) is 4.67. The Labute approximate surface area is 173 Å². The van der Waals surface area contributed by atoms with Crippen LogP contribution in [0.1, 0.15) is 31.6 Å². The van der Waals surface area contributed by atoms with Gasteiger partial charge in [-0.15, -0.1) is 0 Å². The second-order valence-electron chi connectivity index (χ2n) is 7.36. The number of rotatable bonds is 6. The fraction of sp³-hybridized carbons (Fsp3) is 0.304. The normalized spacial score (nSPS) is 14.0. The van der Waals surface area contributed by atoms with Gasteiger partial charge >= 0.3 is 0 Å². The molecule has 30 heavy (non-hydrogen) atoms. The Morgan fingerprint density at radius 1 is 1.10 bits per heavy atom. The Morgan fingerprint density at radius 2 is 1.90 bits per heavy atom. The molecule has 1 amide bonds. The molecular weight excluding hydrogens is 388 g/mol. The van der Waals surface area contributed by atoms with Gasteiger partial charge in [0.15, 0.2) is 11.7 Å². The van der Waals surface area contributed by atoms with E-state index < -0.39 is 11.6 Å². The quantitative estimate of drug-likeness (QED) is 0.607. The zero-order valence-electron chi connectivity index (χ0n) is 16.5. The highest BCUT2D eigenvalue weighted by atomic mass is 19.1. The second-order valence-corrected chi connectivity index (χ2v) is 7.36. The molecule has 3 aromatic rings. The van der Waals surface area contributed by atoms with Crippen LogP contribution < -0.4 is 10.2 Å². The molecule has 7 heteroatoms. The molecule has 0 saturated carbocycles. The van der Waals surface area contributed by atoms with Gasteiger partial charge in [0.05, 0.1) is 23.1 Å². The van der Waals surface area contributed by atoms with E-state index in [9.17, 15) is 13.6 Å². The van der Waals surface area contributed by atoms with E-state index in [2.05, 4.69) is 15.2 Å². The van der Waals surface area contributed by atoms with Crippen molar-refractivity contribution in [2.24, 2.45) is 0 Å². The third-order valence-corrected chi connectivity index (χ3v) is 5.19. The number of benzene rings is 2. The molecule has 5 nitrogen and oxygen atoms in total. The number of piperidine rings is 1. The number of halogens is 2. The van der Waals surface area contributed by atoms with Gasteiger partial charge in [0, 0.05) is 25.9 Å². The summed E-state index contributed by atoms with van der Waals surface area (Å²) in [6.07, 6.45) is 5.18. The number of aromatic nitrogens is 1. The average molecular weight is 411 g/mol. The van der Waals surface area contributed by atoms with E-state index in [1.807, 2.05) is 0 Å². The number of carbonyl (C=O) groups is 1. The molecule has 1 N–H and O–H groups in total. The average Bonchev–Trinajstić information content (AvgIpc) is 3.22. The van der Waals surface area contributed by atoms with Gasteiger partial charge in [-0.1, -0.05) is 12.1 Å². The summed E-state index contributed by atoms with van der Waals surface area (Å²) in [4.78, 5) is 18.8. The SMILES string of the molecule is O=C(CCc1ncc(-c2ccccc2F)o1)Nc1cc(F)ccc1N1CCCCC1. The standard InChI is InChI=1S/C23H23F2N3O2/c24-16-8-9-20(28-12-4-1-5-13-28)19(14-16)27-22(29)10-11-23-26-15-21(30-23)17-6-2-3-7-18(17)25/h2-3,6-9,14-15H,1,4-5,10-13H2,(H,27,29). The molecule has 0 unspecified atom stereocenters. The van der Waals surface area contributed by atoms with Crippen LogP contribution in [0.25, 0.3) is 11.3 Å². The maximum atomic E-state index is 13.9. The summed E-state index contributed by atoms with van der Waals surface area (Å²) in [5, 5.41) is 2.82. The highest BCUT2D eigenvalue weighted by molar-refractivity contribution is 5.94. The first kappa shape index (κ1) is 20.1. The van der Waals surface area contributed by atoms with E-state index in [0.717, 1.165) is 31.6 Å². The fourth-order valence-corrected chi connectivity index (χ4v) is 3.66. The van der Waals surface area contributed by atoms with Crippen molar-refractivity contribution in [2.45, 2.75) is 32.1 Å². The van der Waals surface area contributed by atoms with Gasteiger partial charge < -0.3 is 14.6 Å². The number of amides is 1. The molecule has 0 radical (unpaired) electrons. The number of hydrogen-bond donors (Lipinski definition) is 1. The number of oxazole rings is 1. The van der Waals surface area contributed by atoms with Gasteiger partial charge in [-0.3, -0.25) is 4.79 Å². The second kappa shape index (κ2) is 9.07. The van der Waals surface area contributed by atoms with Crippen molar-refractivity contribution in [3.63, 3.8) is 0 Å². The number of aryl methyl sites for hydroxylation is 1. The smallest absolute Gasteiger partial charge is 0.224 e. The summed E-state index contributed by atoms with van der Waals surface area (Å²) < 4.78 is 33.3. The Hall–Kier alpha value is -3.22. The van der Waals surface area contributed by atoms with Crippen LogP contribution in [-0.4, -0.2) is 24.0 Å². The van der Waals surface area contributed by atoms with E-state index in [1.165, 1.54) is 30.8 Å². The molecule has 156 valence electrons. The molecule has 1 fully saturated rings. The van der Waals surface area contributed by atoms with Crippen molar-refractivity contribution in [1.29, 1.82) is 0 Å². The molecular formula is C23H23F2N3O2. The van der Waals surface area contributed by atoms with Gasteiger partial charge in [0.25, 0.3) is 0 Å². The number of carbonyl (C=O) groups excluding carboxylic acids is 1. The van der Waals surface area contributed by atoms with Crippen molar-refractivity contribution in [1.82, 2.24) is 4.98 Å². The van der Waals surface area contributed by atoms with Crippen molar-refractivity contribution in [3.8, 4) is 11.3 Å². The maximum absolute atomic E-state index is 13.9. The predicted octanol–water partition coefficient (Wildman–Crippen LogP) is 5.18. The number of nitrogens with zero attached hydrogens (tertiary/aromatic N) is 2. The largest absolute Gasteiger partial charge is 0.441 e. The summed E-state index contributed by atoms with van der Waals surface area (Å²) in [5.74, 6) is -0.382. The van der Waals surface area contributed by atoms with Crippen LogP contribution in [-0.2, 0) is 11.2 Å². The van der Waals surface area contributed by atoms with E-state index in [1.54, 1.807) is 24.3 Å². The van der Waals surface area contributed by atoms with Crippen molar-refractivity contribution in [3.05, 3.63) is 66.2 Å². The van der Waals surface area contributed by atoms with Crippen LogP contribution in [0.3, 0.4) is 0 Å². The molecule has 1 aromatic heterocycles. The number of hydrogen-bond acceptors (Lipinski definition) is 4. The first-order valence-corrected chi connectivity index (χ1v) is 10.1. The van der Waals surface area contributed by atoms with Crippen molar-refractivity contribution in [2.75, 3.05) is 23.3 Å². The molecule has 4 rings (SSSR count). The predicted molar refractivity (Wildman–Crippen MR) is 111 cm³/mol. The minimum absolute atomic E-state index is 0.118. The van der Waals surface area contributed by atoms with Crippen molar-refractivity contribution < 1.29 is 18.0 Å². The fourth-order valence-electron chi connectivity index (χ4n) is 3.66. The zero-order valence-corrected chi connectivity index (χ0v) is 16.5. The maximum Gasteiger partial charge on any atom is 0.224 e. The third-order valence-electron chi connectivity index (χ3n) is 5.19. The van der Waals surface area contributed by atoms with Crippen LogP contribution in [0.4, 0.5) is 20.2 Å². The minimum Gasteiger partial charge on any atom is -0.441 e. The molecule has 2 aromatic carbocycles. The van der Waals surface area contributed by atoms with Gasteiger partial charge in [0.1, 0.15) is 11.6 Å². The molecule has 0 aliphatic carbocycles. The molecule has 0 spiro atoms. The summed E-state index contributed by atoms with van der Waals surface area (Å²) in [7, 11) is 0. The molecule has 1 saturated heterocycles. The van der Waals surface area contributed by atoms with Crippen LogP contribution in [0, 0.1) is 11.6 Å². The molecule has 1 aliphatic rings. The lowest BCUT2D eigenvalue weighted by Crippen LogP contribution is -2.30. The summed E-state index contributed by atoms with van der Waals surface area (Å²) in [5.41, 5.74) is 1.63. The lowest BCUT2D eigenvalue weighted by molar-refractivity contribution is -0.116. The molecule has 0 atom stereocenters. The van der Waals surface area contributed by atoms with Crippen LogP contribution in [0.15, 0.2) is 53.1 Å². The van der Waals surface area contributed by atoms with Gasteiger partial charge in [-0.2, -0.15) is 0 Å². The van der Waals surface area contributed by atoms with Gasteiger partial charge in [0.2, 0.25) is 5.91 Å². The highest BCUT2D eigenvalue weighted by Crippen LogP contribution is 2.30. The minimum atomic E-state index is -0.395. The molecule has 0 bridgehead atoms. The van der Waals surface area contributed by atoms with Gasteiger partial charge in [-0.05, 0) is 49.6 Å². The lowest BCUT2D eigenvalue weighted by Gasteiger charge is -2.30. The summed E-state index contributed by atoms with van der Waals surface area (Å²) >= 11 is 0. The van der Waals surface area contributed by atoms with E-state index in [-0.39, 0.29) is 18.7 Å². The lowest BCUT2D eigenvalue weighted by atomic mass is 10.1.